The van der Waals surface area contributed by atoms with Crippen molar-refractivity contribution in [1.29, 1.82) is 0 Å². The van der Waals surface area contributed by atoms with Gasteiger partial charge in [0.05, 0.1) is 5.56 Å². The largest absolute Gasteiger partial charge is 0.416 e. The molecule has 0 unspecified atom stereocenters. The van der Waals surface area contributed by atoms with Crippen molar-refractivity contribution < 1.29 is 13.2 Å². The number of halogens is 4. The van der Waals surface area contributed by atoms with E-state index in [1.54, 1.807) is 6.07 Å². The van der Waals surface area contributed by atoms with Crippen LogP contribution >= 0.6 is 35.1 Å². The Morgan fingerprint density at radius 1 is 0.867 bits per heavy atom. The van der Waals surface area contributed by atoms with Crippen molar-refractivity contribution in [3.63, 3.8) is 0 Å². The van der Waals surface area contributed by atoms with Gasteiger partial charge in [0.15, 0.2) is 16.1 Å². The third kappa shape index (κ3) is 5.13. The molecule has 0 aliphatic carbocycles. The molecule has 30 heavy (non-hydrogen) atoms. The summed E-state index contributed by atoms with van der Waals surface area (Å²) in [5.74, 6) is 0.155. The average Bonchev–Trinajstić information content (AvgIpc) is 3.16. The van der Waals surface area contributed by atoms with Gasteiger partial charge in [-0.15, -0.1) is 0 Å². The van der Waals surface area contributed by atoms with Crippen LogP contribution in [0.15, 0.2) is 80.9 Å². The minimum Gasteiger partial charge on any atom is -0.253 e. The first-order valence-corrected chi connectivity index (χ1v) is 10.4. The fraction of sp³-hybridized carbons (Fsp3) is 0.0526. The predicted octanol–water partition coefficient (Wildman–Crippen LogP) is 6.24. The van der Waals surface area contributed by atoms with E-state index in [4.69, 9.17) is 11.6 Å². The summed E-state index contributed by atoms with van der Waals surface area (Å²) in [5, 5.41) is 8.35. The summed E-state index contributed by atoms with van der Waals surface area (Å²) in [6.45, 7) is 0. The van der Waals surface area contributed by atoms with Gasteiger partial charge in [0.1, 0.15) is 10.2 Å². The van der Waals surface area contributed by atoms with Crippen molar-refractivity contribution in [3.8, 4) is 11.4 Å². The van der Waals surface area contributed by atoms with Crippen molar-refractivity contribution in [1.82, 2.24) is 25.1 Å². The van der Waals surface area contributed by atoms with E-state index in [9.17, 15) is 13.2 Å². The summed E-state index contributed by atoms with van der Waals surface area (Å²) in [5.41, 5.74) is -0.502. The standard InChI is InChI=1S/C19H11ClF3N5S2/c20-14-10-15(25-17(24-14)29-13-7-2-1-3-8-13)30-18-26-16(27-28-18)11-5-4-6-12(9-11)19(21,22)23/h1-10H,(H,26,27,28). The minimum absolute atomic E-state index is 0.155. The van der Waals surface area contributed by atoms with Crippen molar-refractivity contribution in [3.05, 3.63) is 71.4 Å². The molecule has 0 spiro atoms. The zero-order valence-electron chi connectivity index (χ0n) is 14.9. The van der Waals surface area contributed by atoms with Crippen LogP contribution in [0.1, 0.15) is 5.56 Å². The molecule has 4 aromatic rings. The van der Waals surface area contributed by atoms with Crippen LogP contribution in [0.25, 0.3) is 11.4 Å². The summed E-state index contributed by atoms with van der Waals surface area (Å²) >= 11 is 8.62. The maximum Gasteiger partial charge on any atom is 0.416 e. The third-order valence-corrected chi connectivity index (χ3v) is 5.58. The van der Waals surface area contributed by atoms with Crippen LogP contribution in [0.2, 0.25) is 5.15 Å². The van der Waals surface area contributed by atoms with Gasteiger partial charge in [0, 0.05) is 16.5 Å². The number of aromatic nitrogens is 5. The van der Waals surface area contributed by atoms with Crippen LogP contribution in [-0.2, 0) is 6.18 Å². The first-order valence-electron chi connectivity index (χ1n) is 8.42. The van der Waals surface area contributed by atoms with Gasteiger partial charge in [0.2, 0.25) is 0 Å². The van der Waals surface area contributed by atoms with Crippen LogP contribution in [0.4, 0.5) is 13.2 Å². The van der Waals surface area contributed by atoms with E-state index in [1.807, 2.05) is 30.3 Å². The molecule has 2 aromatic heterocycles. The van der Waals surface area contributed by atoms with Crippen LogP contribution in [0.3, 0.4) is 0 Å². The highest BCUT2D eigenvalue weighted by molar-refractivity contribution is 7.99. The highest BCUT2D eigenvalue weighted by Crippen LogP contribution is 2.33. The molecular formula is C19H11ClF3N5S2. The summed E-state index contributed by atoms with van der Waals surface area (Å²) in [7, 11) is 0. The summed E-state index contributed by atoms with van der Waals surface area (Å²) in [6.07, 6.45) is -4.44. The first-order chi connectivity index (χ1) is 14.4. The maximum absolute atomic E-state index is 12.9. The summed E-state index contributed by atoms with van der Waals surface area (Å²) in [6, 6.07) is 16.0. The van der Waals surface area contributed by atoms with Gasteiger partial charge < -0.3 is 0 Å². The number of nitrogens with zero attached hydrogens (tertiary/aromatic N) is 4. The molecule has 5 nitrogen and oxygen atoms in total. The Hall–Kier alpha value is -2.56. The molecule has 0 aliphatic rings. The van der Waals surface area contributed by atoms with E-state index in [0.29, 0.717) is 15.3 Å². The zero-order valence-corrected chi connectivity index (χ0v) is 17.3. The Labute approximate surface area is 182 Å². The van der Waals surface area contributed by atoms with E-state index in [1.165, 1.54) is 23.9 Å². The van der Waals surface area contributed by atoms with Crippen LogP contribution < -0.4 is 0 Å². The van der Waals surface area contributed by atoms with Gasteiger partial charge in [-0.2, -0.15) is 18.3 Å². The first kappa shape index (κ1) is 20.7. The lowest BCUT2D eigenvalue weighted by atomic mass is 10.1. The van der Waals surface area contributed by atoms with Crippen molar-refractivity contribution in [2.24, 2.45) is 0 Å². The van der Waals surface area contributed by atoms with Gasteiger partial charge in [0.25, 0.3) is 0 Å². The topological polar surface area (TPSA) is 67.3 Å². The second kappa shape index (κ2) is 8.66. The Kier molecular flexibility index (Phi) is 5.98. The van der Waals surface area contributed by atoms with Gasteiger partial charge in [-0.1, -0.05) is 41.9 Å². The monoisotopic (exact) mass is 465 g/mol. The second-order valence-corrected chi connectivity index (χ2v) is 8.31. The number of hydrogen-bond acceptors (Lipinski definition) is 6. The number of hydrogen-bond donors (Lipinski definition) is 1. The molecule has 0 fully saturated rings. The van der Waals surface area contributed by atoms with Gasteiger partial charge in [-0.05, 0) is 47.8 Å². The molecule has 0 radical (unpaired) electrons. The Bertz CT molecular complexity index is 1170. The van der Waals surface area contributed by atoms with Crippen molar-refractivity contribution in [2.75, 3.05) is 0 Å². The van der Waals surface area contributed by atoms with Crippen molar-refractivity contribution >= 4 is 35.1 Å². The smallest absolute Gasteiger partial charge is 0.253 e. The van der Waals surface area contributed by atoms with E-state index in [-0.39, 0.29) is 16.5 Å². The Balaban J connectivity index is 1.54. The summed E-state index contributed by atoms with van der Waals surface area (Å²) in [4.78, 5) is 13.9. The predicted molar refractivity (Wildman–Crippen MR) is 109 cm³/mol. The molecule has 2 heterocycles. The van der Waals surface area contributed by atoms with Crippen LogP contribution in [0, 0.1) is 0 Å². The van der Waals surface area contributed by atoms with E-state index >= 15 is 0 Å². The van der Waals surface area contributed by atoms with E-state index < -0.39 is 11.7 Å². The zero-order chi connectivity index (χ0) is 21.1. The normalized spacial score (nSPS) is 11.6. The molecule has 152 valence electrons. The van der Waals surface area contributed by atoms with Gasteiger partial charge >= 0.3 is 6.18 Å². The molecule has 0 atom stereocenters. The Morgan fingerprint density at radius 2 is 1.67 bits per heavy atom. The molecule has 0 saturated heterocycles. The fourth-order valence-electron chi connectivity index (χ4n) is 2.42. The third-order valence-electron chi connectivity index (χ3n) is 3.72. The number of alkyl halides is 3. The lowest BCUT2D eigenvalue weighted by molar-refractivity contribution is -0.137. The molecule has 1 N–H and O–H groups in total. The Morgan fingerprint density at radius 3 is 2.43 bits per heavy atom. The molecule has 0 aliphatic heterocycles. The van der Waals surface area contributed by atoms with Crippen LogP contribution in [0.5, 0.6) is 0 Å². The number of H-pyrrole nitrogens is 1. The molecular weight excluding hydrogens is 455 g/mol. The highest BCUT2D eigenvalue weighted by Gasteiger charge is 2.30. The molecule has 11 heteroatoms. The van der Waals surface area contributed by atoms with E-state index in [0.717, 1.165) is 28.8 Å². The maximum atomic E-state index is 12.9. The molecule has 2 aromatic carbocycles. The average molecular weight is 466 g/mol. The minimum atomic E-state index is -4.44. The lowest BCUT2D eigenvalue weighted by Crippen LogP contribution is -2.04. The van der Waals surface area contributed by atoms with Crippen molar-refractivity contribution in [2.45, 2.75) is 26.4 Å². The second-order valence-electron chi connectivity index (χ2n) is 5.87. The molecule has 0 saturated carbocycles. The number of nitrogens with one attached hydrogen (secondary N) is 1. The lowest BCUT2D eigenvalue weighted by Gasteiger charge is -2.06. The number of benzene rings is 2. The molecule has 0 amide bonds. The van der Waals surface area contributed by atoms with Crippen LogP contribution in [-0.4, -0.2) is 25.1 Å². The SMILES string of the molecule is FC(F)(F)c1cccc(-c2n[nH]c(Sc3cc(Cl)nc(Sc4ccccc4)n3)n2)c1. The quantitative estimate of drug-likeness (QED) is 0.278. The molecule has 4 rings (SSSR count). The number of rotatable bonds is 5. The van der Waals surface area contributed by atoms with Gasteiger partial charge in [-0.25, -0.2) is 15.0 Å². The number of aromatic amines is 1. The summed E-state index contributed by atoms with van der Waals surface area (Å²) < 4.78 is 38.8. The molecule has 0 bridgehead atoms. The highest BCUT2D eigenvalue weighted by atomic mass is 35.5. The van der Waals surface area contributed by atoms with Gasteiger partial charge in [-0.3, -0.25) is 5.10 Å². The van der Waals surface area contributed by atoms with E-state index in [2.05, 4.69) is 25.1 Å². The fourth-order valence-corrected chi connectivity index (χ4v) is 4.30.